The Balaban J connectivity index is 1.55. The van der Waals surface area contributed by atoms with Crippen molar-refractivity contribution in [2.24, 2.45) is 0 Å². The van der Waals surface area contributed by atoms with Crippen molar-refractivity contribution in [3.63, 3.8) is 0 Å². The summed E-state index contributed by atoms with van der Waals surface area (Å²) in [5, 5.41) is 5.98. The Labute approximate surface area is 156 Å². The summed E-state index contributed by atoms with van der Waals surface area (Å²) in [7, 11) is 1.56. The molecule has 0 saturated heterocycles. The second-order valence-electron chi connectivity index (χ2n) is 6.11. The SMILES string of the molecule is COc1cc(CNC2CC2)ccc1OCC(=O)Nc1ccc(F)c(Cl)c1. The van der Waals surface area contributed by atoms with Crippen molar-refractivity contribution in [2.75, 3.05) is 19.0 Å². The molecule has 0 unspecified atom stereocenters. The molecule has 7 heteroatoms. The van der Waals surface area contributed by atoms with E-state index in [2.05, 4.69) is 10.6 Å². The van der Waals surface area contributed by atoms with Crippen LogP contribution < -0.4 is 20.1 Å². The number of hydrogen-bond acceptors (Lipinski definition) is 4. The molecule has 0 spiro atoms. The molecule has 138 valence electrons. The fraction of sp³-hybridized carbons (Fsp3) is 0.316. The first-order valence-electron chi connectivity index (χ1n) is 8.33. The van der Waals surface area contributed by atoms with Gasteiger partial charge in [0.05, 0.1) is 12.1 Å². The number of methoxy groups -OCH3 is 1. The minimum atomic E-state index is -0.540. The molecule has 2 N–H and O–H groups in total. The molecule has 0 atom stereocenters. The van der Waals surface area contributed by atoms with Crippen LogP contribution in [0, 0.1) is 5.82 Å². The van der Waals surface area contributed by atoms with Gasteiger partial charge in [-0.05, 0) is 48.7 Å². The minimum absolute atomic E-state index is 0.0548. The number of rotatable bonds is 8. The molecule has 2 aromatic carbocycles. The van der Waals surface area contributed by atoms with Gasteiger partial charge < -0.3 is 20.1 Å². The first-order valence-corrected chi connectivity index (χ1v) is 8.71. The number of benzene rings is 2. The number of ether oxygens (including phenoxy) is 2. The average Bonchev–Trinajstić information content (AvgIpc) is 3.46. The van der Waals surface area contributed by atoms with E-state index >= 15 is 0 Å². The quantitative estimate of drug-likeness (QED) is 0.734. The molecule has 0 bridgehead atoms. The van der Waals surface area contributed by atoms with Gasteiger partial charge >= 0.3 is 0 Å². The van der Waals surface area contributed by atoms with Crippen molar-refractivity contribution in [1.82, 2.24) is 5.32 Å². The molecule has 3 rings (SSSR count). The van der Waals surface area contributed by atoms with Gasteiger partial charge in [0.2, 0.25) is 0 Å². The second-order valence-corrected chi connectivity index (χ2v) is 6.51. The van der Waals surface area contributed by atoms with Gasteiger partial charge in [0.15, 0.2) is 18.1 Å². The van der Waals surface area contributed by atoms with Gasteiger partial charge in [0, 0.05) is 18.3 Å². The summed E-state index contributed by atoms with van der Waals surface area (Å²) in [6, 6.07) is 10.2. The maximum atomic E-state index is 13.1. The van der Waals surface area contributed by atoms with Crippen LogP contribution in [-0.2, 0) is 11.3 Å². The number of hydrogen-bond donors (Lipinski definition) is 2. The Kier molecular flexibility index (Phi) is 5.96. The third kappa shape index (κ3) is 5.09. The van der Waals surface area contributed by atoms with Gasteiger partial charge in [-0.25, -0.2) is 4.39 Å². The lowest BCUT2D eigenvalue weighted by Gasteiger charge is -2.13. The van der Waals surface area contributed by atoms with Crippen molar-refractivity contribution >= 4 is 23.2 Å². The number of carbonyl (C=O) groups excluding carboxylic acids is 1. The van der Waals surface area contributed by atoms with E-state index in [9.17, 15) is 9.18 Å². The Morgan fingerprint density at radius 3 is 2.73 bits per heavy atom. The number of nitrogens with one attached hydrogen (secondary N) is 2. The summed E-state index contributed by atoms with van der Waals surface area (Å²) in [4.78, 5) is 12.0. The van der Waals surface area contributed by atoms with E-state index < -0.39 is 5.82 Å². The van der Waals surface area contributed by atoms with Gasteiger partial charge in [0.1, 0.15) is 5.82 Å². The highest BCUT2D eigenvalue weighted by molar-refractivity contribution is 6.31. The highest BCUT2D eigenvalue weighted by Crippen LogP contribution is 2.29. The summed E-state index contributed by atoms with van der Waals surface area (Å²) in [5.41, 5.74) is 1.49. The zero-order valence-corrected chi connectivity index (χ0v) is 15.1. The maximum absolute atomic E-state index is 13.1. The smallest absolute Gasteiger partial charge is 0.262 e. The topological polar surface area (TPSA) is 59.6 Å². The van der Waals surface area contributed by atoms with Crippen molar-refractivity contribution in [1.29, 1.82) is 0 Å². The van der Waals surface area contributed by atoms with Gasteiger partial charge in [-0.15, -0.1) is 0 Å². The van der Waals surface area contributed by atoms with E-state index in [0.29, 0.717) is 23.2 Å². The summed E-state index contributed by atoms with van der Waals surface area (Å²) in [6.07, 6.45) is 2.46. The molecule has 0 radical (unpaired) electrons. The summed E-state index contributed by atoms with van der Waals surface area (Å²) in [6.45, 7) is 0.568. The average molecular weight is 379 g/mol. The fourth-order valence-corrected chi connectivity index (χ4v) is 2.59. The van der Waals surface area contributed by atoms with Crippen LogP contribution in [0.4, 0.5) is 10.1 Å². The predicted octanol–water partition coefficient (Wildman–Crippen LogP) is 3.76. The van der Waals surface area contributed by atoms with E-state index in [0.717, 1.165) is 12.1 Å². The first-order chi connectivity index (χ1) is 12.5. The molecule has 1 fully saturated rings. The van der Waals surface area contributed by atoms with Crippen LogP contribution in [0.5, 0.6) is 11.5 Å². The van der Waals surface area contributed by atoms with E-state index in [1.54, 1.807) is 13.2 Å². The zero-order valence-electron chi connectivity index (χ0n) is 14.4. The molecule has 5 nitrogen and oxygen atoms in total. The van der Waals surface area contributed by atoms with E-state index in [1.165, 1.54) is 31.0 Å². The van der Waals surface area contributed by atoms with Crippen LogP contribution >= 0.6 is 11.6 Å². The van der Waals surface area contributed by atoms with E-state index in [-0.39, 0.29) is 17.5 Å². The van der Waals surface area contributed by atoms with E-state index in [4.69, 9.17) is 21.1 Å². The number of amides is 1. The van der Waals surface area contributed by atoms with Crippen LogP contribution in [0.1, 0.15) is 18.4 Å². The number of anilines is 1. The Bertz CT molecular complexity index is 796. The van der Waals surface area contributed by atoms with Gasteiger partial charge in [-0.3, -0.25) is 4.79 Å². The first kappa shape index (κ1) is 18.5. The molecule has 0 aliphatic heterocycles. The lowest BCUT2D eigenvalue weighted by molar-refractivity contribution is -0.118. The lowest BCUT2D eigenvalue weighted by atomic mass is 10.2. The normalized spacial score (nSPS) is 13.3. The summed E-state index contributed by atoms with van der Waals surface area (Å²) in [5.74, 6) is 0.129. The van der Waals surface area contributed by atoms with Gasteiger partial charge in [0.25, 0.3) is 5.91 Å². The van der Waals surface area contributed by atoms with Crippen molar-refractivity contribution < 1.29 is 18.7 Å². The Hall–Kier alpha value is -2.31. The van der Waals surface area contributed by atoms with Crippen molar-refractivity contribution in [3.05, 3.63) is 52.8 Å². The Morgan fingerprint density at radius 1 is 1.23 bits per heavy atom. The highest BCUT2D eigenvalue weighted by Gasteiger charge is 2.20. The largest absolute Gasteiger partial charge is 0.493 e. The molecular formula is C19H20ClFN2O3. The molecule has 0 heterocycles. The minimum Gasteiger partial charge on any atom is -0.493 e. The third-order valence-corrected chi connectivity index (χ3v) is 4.25. The van der Waals surface area contributed by atoms with Gasteiger partial charge in [-0.1, -0.05) is 17.7 Å². The number of halogens is 2. The predicted molar refractivity (Wildman–Crippen MR) is 98.4 cm³/mol. The molecule has 0 aromatic heterocycles. The molecule has 1 aliphatic rings. The van der Waals surface area contributed by atoms with Crippen LogP contribution in [0.25, 0.3) is 0 Å². The number of carbonyl (C=O) groups is 1. The molecule has 1 saturated carbocycles. The van der Waals surface area contributed by atoms with Crippen LogP contribution in [0.3, 0.4) is 0 Å². The van der Waals surface area contributed by atoms with Crippen LogP contribution in [0.15, 0.2) is 36.4 Å². The summed E-state index contributed by atoms with van der Waals surface area (Å²) < 4.78 is 24.0. The molecule has 1 amide bonds. The zero-order chi connectivity index (χ0) is 18.5. The molecule has 2 aromatic rings. The van der Waals surface area contributed by atoms with Crippen molar-refractivity contribution in [3.8, 4) is 11.5 Å². The van der Waals surface area contributed by atoms with Gasteiger partial charge in [-0.2, -0.15) is 0 Å². The van der Waals surface area contributed by atoms with Crippen molar-refractivity contribution in [2.45, 2.75) is 25.4 Å². The summed E-state index contributed by atoms with van der Waals surface area (Å²) >= 11 is 5.69. The Morgan fingerprint density at radius 2 is 2.04 bits per heavy atom. The fourth-order valence-electron chi connectivity index (χ4n) is 2.41. The monoisotopic (exact) mass is 378 g/mol. The molecule has 26 heavy (non-hydrogen) atoms. The molecular weight excluding hydrogens is 359 g/mol. The third-order valence-electron chi connectivity index (χ3n) is 3.96. The van der Waals surface area contributed by atoms with E-state index in [1.807, 2.05) is 12.1 Å². The van der Waals surface area contributed by atoms with Crippen LogP contribution in [0.2, 0.25) is 5.02 Å². The standard InChI is InChI=1S/C19H20ClFN2O3/c1-25-18-8-12(10-22-13-3-4-13)2-7-17(18)26-11-19(24)23-14-5-6-16(21)15(20)9-14/h2,5-9,13,22H,3-4,10-11H2,1H3,(H,23,24). The van der Waals surface area contributed by atoms with Crippen LogP contribution in [-0.4, -0.2) is 25.7 Å². The maximum Gasteiger partial charge on any atom is 0.262 e. The second kappa shape index (κ2) is 8.38. The highest BCUT2D eigenvalue weighted by atomic mass is 35.5. The lowest BCUT2D eigenvalue weighted by Crippen LogP contribution is -2.20. The molecule has 1 aliphatic carbocycles.